The first-order valence-corrected chi connectivity index (χ1v) is 7.48. The van der Waals surface area contributed by atoms with Gasteiger partial charge in [0.2, 0.25) is 10.0 Å². The molecule has 1 saturated carbocycles. The molecule has 5 heteroatoms. The fourth-order valence-electron chi connectivity index (χ4n) is 1.66. The molecular weight excluding hydrogens is 226 g/mol. The van der Waals surface area contributed by atoms with Crippen LogP contribution in [0.15, 0.2) is 0 Å². The fraction of sp³-hybridized carbons (Fsp3) is 1.00. The van der Waals surface area contributed by atoms with E-state index in [0.29, 0.717) is 12.3 Å². The zero-order valence-electron chi connectivity index (χ0n) is 10.4. The van der Waals surface area contributed by atoms with E-state index < -0.39 is 16.1 Å². The van der Waals surface area contributed by atoms with Gasteiger partial charge in [-0.3, -0.25) is 0 Å². The van der Waals surface area contributed by atoms with Crippen molar-refractivity contribution in [1.29, 1.82) is 0 Å². The Morgan fingerprint density at radius 2 is 1.94 bits per heavy atom. The number of rotatable bonds is 6. The van der Waals surface area contributed by atoms with Gasteiger partial charge in [0.1, 0.15) is 0 Å². The zero-order valence-corrected chi connectivity index (χ0v) is 11.2. The first kappa shape index (κ1) is 13.9. The van der Waals surface area contributed by atoms with Crippen molar-refractivity contribution in [1.82, 2.24) is 4.72 Å². The Hall–Kier alpha value is -0.130. The largest absolute Gasteiger partial charge is 0.392 e. The molecule has 0 heterocycles. The van der Waals surface area contributed by atoms with Gasteiger partial charge in [-0.15, -0.1) is 0 Å². The standard InChI is InChI=1S/C11H23NO3S/c1-11(2,3)6-10(13)7-12-16(14,15)8-9-4-5-9/h9-10,12-13H,4-8H2,1-3H3. The lowest BCUT2D eigenvalue weighted by molar-refractivity contribution is 0.125. The molecule has 1 fully saturated rings. The van der Waals surface area contributed by atoms with Gasteiger partial charge in [-0.25, -0.2) is 13.1 Å². The molecule has 0 bridgehead atoms. The molecule has 0 aromatic rings. The van der Waals surface area contributed by atoms with Crippen molar-refractivity contribution in [3.05, 3.63) is 0 Å². The number of hydrogen-bond acceptors (Lipinski definition) is 3. The lowest BCUT2D eigenvalue weighted by atomic mass is 9.89. The lowest BCUT2D eigenvalue weighted by Crippen LogP contribution is -2.35. The molecule has 16 heavy (non-hydrogen) atoms. The van der Waals surface area contributed by atoms with E-state index in [1.54, 1.807) is 0 Å². The van der Waals surface area contributed by atoms with Gasteiger partial charge in [0.25, 0.3) is 0 Å². The maximum Gasteiger partial charge on any atom is 0.211 e. The maximum absolute atomic E-state index is 11.5. The Balaban J connectivity index is 2.27. The number of nitrogens with one attached hydrogen (secondary N) is 1. The highest BCUT2D eigenvalue weighted by Crippen LogP contribution is 2.30. The third kappa shape index (κ3) is 6.45. The summed E-state index contributed by atoms with van der Waals surface area (Å²) in [5.74, 6) is 0.562. The Kier molecular flexibility index (Phi) is 4.37. The number of sulfonamides is 1. The monoisotopic (exact) mass is 249 g/mol. The Labute approximate surface area is 98.5 Å². The van der Waals surface area contributed by atoms with Gasteiger partial charge >= 0.3 is 0 Å². The van der Waals surface area contributed by atoms with E-state index in [4.69, 9.17) is 0 Å². The second-order valence-electron chi connectivity index (χ2n) is 5.99. The maximum atomic E-state index is 11.5. The van der Waals surface area contributed by atoms with Crippen molar-refractivity contribution in [3.8, 4) is 0 Å². The van der Waals surface area contributed by atoms with Crippen molar-refractivity contribution in [2.24, 2.45) is 11.3 Å². The Morgan fingerprint density at radius 1 is 1.38 bits per heavy atom. The normalized spacial score (nSPS) is 19.8. The summed E-state index contributed by atoms with van der Waals surface area (Å²) >= 11 is 0. The summed E-state index contributed by atoms with van der Waals surface area (Å²) in [5.41, 5.74) is 0.0152. The van der Waals surface area contributed by atoms with Crippen molar-refractivity contribution < 1.29 is 13.5 Å². The predicted molar refractivity (Wildman–Crippen MR) is 64.6 cm³/mol. The Bertz CT molecular complexity index is 315. The van der Waals surface area contributed by atoms with E-state index in [1.165, 1.54) is 0 Å². The van der Waals surface area contributed by atoms with Gasteiger partial charge in [-0.2, -0.15) is 0 Å². The van der Waals surface area contributed by atoms with E-state index >= 15 is 0 Å². The number of aliphatic hydroxyl groups excluding tert-OH is 1. The quantitative estimate of drug-likeness (QED) is 0.741. The third-order valence-corrected chi connectivity index (χ3v) is 4.06. The summed E-state index contributed by atoms with van der Waals surface area (Å²) in [6.07, 6.45) is 2.03. The molecule has 0 aromatic heterocycles. The van der Waals surface area contributed by atoms with Crippen LogP contribution in [0.25, 0.3) is 0 Å². The smallest absolute Gasteiger partial charge is 0.211 e. The van der Waals surface area contributed by atoms with Gasteiger partial charge in [-0.05, 0) is 30.6 Å². The molecule has 0 spiro atoms. The van der Waals surface area contributed by atoms with Gasteiger partial charge in [0.05, 0.1) is 11.9 Å². The average Bonchev–Trinajstić information content (AvgIpc) is 2.81. The molecule has 1 atom stereocenters. The average molecular weight is 249 g/mol. The van der Waals surface area contributed by atoms with Crippen LogP contribution in [0.3, 0.4) is 0 Å². The molecule has 96 valence electrons. The second-order valence-corrected chi connectivity index (χ2v) is 7.84. The van der Waals surface area contributed by atoms with E-state index in [9.17, 15) is 13.5 Å². The molecule has 0 radical (unpaired) electrons. The molecule has 1 aliphatic rings. The second kappa shape index (κ2) is 5.02. The first-order valence-electron chi connectivity index (χ1n) is 5.83. The first-order chi connectivity index (χ1) is 7.18. The van der Waals surface area contributed by atoms with Crippen LogP contribution in [-0.2, 0) is 10.0 Å². The van der Waals surface area contributed by atoms with Crippen LogP contribution in [0.4, 0.5) is 0 Å². The summed E-state index contributed by atoms with van der Waals surface area (Å²) in [6.45, 7) is 6.20. The highest BCUT2D eigenvalue weighted by Gasteiger charge is 2.28. The fourth-order valence-corrected chi connectivity index (χ4v) is 3.17. The molecule has 1 rings (SSSR count). The van der Waals surface area contributed by atoms with E-state index in [0.717, 1.165) is 12.8 Å². The van der Waals surface area contributed by atoms with E-state index in [-0.39, 0.29) is 17.7 Å². The predicted octanol–water partition coefficient (Wildman–Crippen LogP) is 1.11. The van der Waals surface area contributed by atoms with Gasteiger partial charge in [-0.1, -0.05) is 20.8 Å². The zero-order chi connectivity index (χ0) is 12.4. The molecule has 1 aliphatic carbocycles. The molecular formula is C11H23NO3S. The summed E-state index contributed by atoms with van der Waals surface area (Å²) in [5, 5.41) is 9.67. The molecule has 1 unspecified atom stereocenters. The van der Waals surface area contributed by atoms with Crippen molar-refractivity contribution >= 4 is 10.0 Å². The van der Waals surface area contributed by atoms with Crippen LogP contribution >= 0.6 is 0 Å². The number of aliphatic hydroxyl groups is 1. The minimum Gasteiger partial charge on any atom is -0.392 e. The van der Waals surface area contributed by atoms with Crippen LogP contribution in [0.2, 0.25) is 0 Å². The summed E-state index contributed by atoms with van der Waals surface area (Å²) in [4.78, 5) is 0. The van der Waals surface area contributed by atoms with Crippen LogP contribution in [0.5, 0.6) is 0 Å². The van der Waals surface area contributed by atoms with E-state index in [1.807, 2.05) is 20.8 Å². The topological polar surface area (TPSA) is 66.4 Å². The van der Waals surface area contributed by atoms with Crippen molar-refractivity contribution in [2.45, 2.75) is 46.1 Å². The van der Waals surface area contributed by atoms with Gasteiger partial charge in [0, 0.05) is 6.54 Å². The molecule has 0 aliphatic heterocycles. The van der Waals surface area contributed by atoms with Crippen LogP contribution < -0.4 is 4.72 Å². The highest BCUT2D eigenvalue weighted by molar-refractivity contribution is 7.89. The molecule has 0 amide bonds. The minimum atomic E-state index is -3.18. The lowest BCUT2D eigenvalue weighted by Gasteiger charge is -2.22. The summed E-state index contributed by atoms with van der Waals surface area (Å²) < 4.78 is 25.5. The van der Waals surface area contributed by atoms with Crippen LogP contribution in [0, 0.1) is 11.3 Å². The molecule has 4 nitrogen and oxygen atoms in total. The van der Waals surface area contributed by atoms with Gasteiger partial charge in [0.15, 0.2) is 0 Å². The van der Waals surface area contributed by atoms with Crippen molar-refractivity contribution in [2.75, 3.05) is 12.3 Å². The summed E-state index contributed by atoms with van der Waals surface area (Å²) in [7, 11) is -3.18. The third-order valence-electron chi connectivity index (χ3n) is 2.54. The number of hydrogen-bond donors (Lipinski definition) is 2. The molecule has 0 saturated heterocycles. The Morgan fingerprint density at radius 3 is 2.38 bits per heavy atom. The van der Waals surface area contributed by atoms with Crippen molar-refractivity contribution in [3.63, 3.8) is 0 Å². The molecule has 2 N–H and O–H groups in total. The highest BCUT2D eigenvalue weighted by atomic mass is 32.2. The van der Waals surface area contributed by atoms with E-state index in [2.05, 4.69) is 4.72 Å². The summed E-state index contributed by atoms with van der Waals surface area (Å²) in [6, 6.07) is 0. The SMILES string of the molecule is CC(C)(C)CC(O)CNS(=O)(=O)CC1CC1. The minimum absolute atomic E-state index is 0.0152. The van der Waals surface area contributed by atoms with Crippen LogP contribution in [-0.4, -0.2) is 31.9 Å². The van der Waals surface area contributed by atoms with Crippen LogP contribution in [0.1, 0.15) is 40.0 Å². The van der Waals surface area contributed by atoms with Gasteiger partial charge < -0.3 is 5.11 Å². The molecule has 0 aromatic carbocycles.